The Balaban J connectivity index is 0.00000109. The van der Waals surface area contributed by atoms with Crippen molar-refractivity contribution < 1.29 is 99.6 Å². The van der Waals surface area contributed by atoms with Crippen LogP contribution in [-0.4, -0.2) is 199 Å². The van der Waals surface area contributed by atoms with Gasteiger partial charge in [-0.2, -0.15) is 16.8 Å². The van der Waals surface area contributed by atoms with Crippen LogP contribution in [0.3, 0.4) is 0 Å². The number of nitrogens with one attached hydrogen (secondary N) is 1. The van der Waals surface area contributed by atoms with Crippen LogP contribution in [0.15, 0.2) is 0 Å². The van der Waals surface area contributed by atoms with Crippen molar-refractivity contribution in [3.8, 4) is 0 Å². The number of carbonyl (C=O) groups excluding carboxylic acids is 1. The monoisotopic (exact) mass is 781 g/mol. The molecule has 0 aromatic rings. The molecule has 0 radical (unpaired) electrons. The van der Waals surface area contributed by atoms with E-state index in [1.807, 2.05) is 0 Å². The summed E-state index contributed by atoms with van der Waals surface area (Å²) in [4.78, 5) is 12.6. The molecule has 16 atom stereocenters. The predicted octanol–water partition coefficient (Wildman–Crippen LogP) is -9.73. The molecule has 28 heteroatoms. The molecule has 3 rings (SSSR count). The number of rotatable bonds is 10. The summed E-state index contributed by atoms with van der Waals surface area (Å²) in [5, 5.41) is 84.9. The zero-order valence-electron chi connectivity index (χ0n) is 25.9. The molecule has 0 aromatic heterocycles. The third-order valence-corrected chi connectivity index (χ3v) is 7.51. The maximum Gasteiger partial charge on any atom is 0.394 e. The molecule has 0 bridgehead atoms. The first-order chi connectivity index (χ1) is 22.9. The van der Waals surface area contributed by atoms with Crippen LogP contribution in [0.4, 0.5) is 0 Å². The minimum atomic E-state index is -4.67. The summed E-state index contributed by atoms with van der Waals surface area (Å²) in [7, 11) is -9.33. The molecule has 0 aromatic carbocycles. The van der Waals surface area contributed by atoms with Gasteiger partial charge in [-0.25, -0.2) is 0 Å². The molecule has 50 heavy (non-hydrogen) atoms. The number of aliphatic hydroxyl groups excluding tert-OH is 8. The summed E-state index contributed by atoms with van der Waals surface area (Å²) in [6.07, 6.45) is -19.8. The Bertz CT molecular complexity index is 1200. The molecule has 298 valence electrons. The maximum atomic E-state index is 12.6. The molecule has 26 nitrogen and oxygen atoms in total. The Morgan fingerprint density at radius 3 is 1.72 bits per heavy atom. The summed E-state index contributed by atoms with van der Waals surface area (Å²) in [5.41, 5.74) is 23.1. The van der Waals surface area contributed by atoms with Gasteiger partial charge in [-0.1, -0.05) is 0 Å². The van der Waals surface area contributed by atoms with E-state index in [1.54, 1.807) is 0 Å². The third-order valence-electron chi connectivity index (χ3n) is 7.51. The van der Waals surface area contributed by atoms with Gasteiger partial charge in [-0.15, -0.1) is 0 Å². The van der Waals surface area contributed by atoms with Crippen LogP contribution in [0.5, 0.6) is 0 Å². The lowest BCUT2D eigenvalue weighted by molar-refractivity contribution is -0.332. The highest BCUT2D eigenvalue weighted by molar-refractivity contribution is 7.80. The normalized spacial score (nSPS) is 40.0. The van der Waals surface area contributed by atoms with Gasteiger partial charge in [-0.05, 0) is 19.4 Å². The molecule has 2 aliphatic heterocycles. The van der Waals surface area contributed by atoms with Gasteiger partial charge < -0.3 is 88.1 Å². The minimum absolute atomic E-state index is 0.0101. The Morgan fingerprint density at radius 2 is 1.24 bits per heavy atom. The number of carbonyl (C=O) groups is 1. The fourth-order valence-electron chi connectivity index (χ4n) is 5.07. The minimum Gasteiger partial charge on any atom is -0.394 e. The van der Waals surface area contributed by atoms with E-state index in [1.165, 1.54) is 0 Å². The van der Waals surface area contributed by atoms with Gasteiger partial charge >= 0.3 is 20.8 Å². The largest absolute Gasteiger partial charge is 0.394 e. The van der Waals surface area contributed by atoms with E-state index in [2.05, 4.69) is 5.32 Å². The topological polar surface area (TPSA) is 481 Å². The number of aliphatic hydroxyl groups is 8. The van der Waals surface area contributed by atoms with Crippen molar-refractivity contribution in [2.24, 2.45) is 22.9 Å². The maximum absolute atomic E-state index is 12.6. The lowest BCUT2D eigenvalue weighted by Crippen LogP contribution is -2.69. The molecule has 0 unspecified atom stereocenters. The van der Waals surface area contributed by atoms with Crippen molar-refractivity contribution in [3.05, 3.63) is 0 Å². The molecular formula is C22H47N5O21S2. The lowest BCUT2D eigenvalue weighted by atomic mass is 9.83. The van der Waals surface area contributed by atoms with Crippen LogP contribution in [0, 0.1) is 0 Å². The van der Waals surface area contributed by atoms with Crippen molar-refractivity contribution in [1.29, 1.82) is 0 Å². The van der Waals surface area contributed by atoms with Gasteiger partial charge in [0.15, 0.2) is 12.6 Å². The summed E-state index contributed by atoms with van der Waals surface area (Å²) in [6, 6.07) is -3.45. The second-order valence-electron chi connectivity index (χ2n) is 11.2. The van der Waals surface area contributed by atoms with E-state index in [4.69, 9.17) is 76.9 Å². The summed E-state index contributed by atoms with van der Waals surface area (Å²) >= 11 is 0. The highest BCUT2D eigenvalue weighted by atomic mass is 32.3. The zero-order valence-corrected chi connectivity index (χ0v) is 27.6. The first kappa shape index (κ1) is 46.6. The fourth-order valence-corrected chi connectivity index (χ4v) is 5.07. The lowest BCUT2D eigenvalue weighted by Gasteiger charge is -2.49. The molecule has 2 heterocycles. The number of hydrogen-bond acceptors (Lipinski definition) is 21. The molecule has 1 amide bonds. The second kappa shape index (κ2) is 20.1. The molecule has 21 N–H and O–H groups in total. The van der Waals surface area contributed by atoms with E-state index in [0.717, 1.165) is 0 Å². The molecule has 1 saturated carbocycles. The molecule has 3 aliphatic rings. The summed E-state index contributed by atoms with van der Waals surface area (Å²) < 4.78 is 85.7. The van der Waals surface area contributed by atoms with E-state index < -0.39 is 131 Å². The van der Waals surface area contributed by atoms with E-state index in [0.29, 0.717) is 0 Å². The predicted molar refractivity (Wildman–Crippen MR) is 160 cm³/mol. The number of hydrogen-bond donors (Lipinski definition) is 17. The van der Waals surface area contributed by atoms with Gasteiger partial charge in [0.1, 0.15) is 67.1 Å². The molecule has 0 spiro atoms. The Labute approximate surface area is 285 Å². The first-order valence-electron chi connectivity index (χ1n) is 14.5. The number of nitrogens with two attached hydrogens (primary N) is 4. The van der Waals surface area contributed by atoms with E-state index in [9.17, 15) is 45.6 Å². The van der Waals surface area contributed by atoms with Crippen molar-refractivity contribution in [2.75, 3.05) is 19.7 Å². The number of amides is 1. The zero-order chi connectivity index (χ0) is 38.9. The Morgan fingerprint density at radius 1 is 0.760 bits per heavy atom. The van der Waals surface area contributed by atoms with Crippen molar-refractivity contribution >= 4 is 26.7 Å². The van der Waals surface area contributed by atoms with Gasteiger partial charge in [-0.3, -0.25) is 23.0 Å². The number of ether oxygens (including phenoxy) is 4. The van der Waals surface area contributed by atoms with Gasteiger partial charge in [0.25, 0.3) is 0 Å². The van der Waals surface area contributed by atoms with Gasteiger partial charge in [0.2, 0.25) is 5.91 Å². The van der Waals surface area contributed by atoms with Gasteiger partial charge in [0, 0.05) is 12.6 Å². The first-order valence-corrected chi connectivity index (χ1v) is 17.3. The Hall–Kier alpha value is -1.43. The Kier molecular flexibility index (Phi) is 18.8. The third kappa shape index (κ3) is 14.5. The van der Waals surface area contributed by atoms with Crippen LogP contribution < -0.4 is 28.3 Å². The van der Waals surface area contributed by atoms with Crippen molar-refractivity contribution in [2.45, 2.75) is 111 Å². The molecule has 1 aliphatic carbocycles. The average molecular weight is 782 g/mol. The van der Waals surface area contributed by atoms with Crippen molar-refractivity contribution in [1.82, 2.24) is 5.32 Å². The fraction of sp³-hybridized carbons (Fsp3) is 0.955. The van der Waals surface area contributed by atoms with E-state index in [-0.39, 0.29) is 25.9 Å². The molecule has 3 fully saturated rings. The highest BCUT2D eigenvalue weighted by Crippen LogP contribution is 2.32. The van der Waals surface area contributed by atoms with Crippen LogP contribution in [0.2, 0.25) is 0 Å². The summed E-state index contributed by atoms with van der Waals surface area (Å²) in [6.45, 7) is -0.898. The standard InChI is InChI=1S/C22H43N5O13.2H2O4S/c23-2-1-8(29)20(36)27-7-3-6(25)18(39-22-16(34)15(33)13(31)9(4-24)37-22)17(35)19(7)40-21-14(32)11(26)12(30)10(5-28)38-21;2*1-5(2,3)4/h6-19,21-22,28-35H,1-5,23-26H2,(H,27,36);2*(H2,1,2,3,4)/t6-,7+,8+,9+,10+,11+,12+,13+,14+,15+,16+,17-,18-,19-,21+,22+;;/m0../s1. The van der Waals surface area contributed by atoms with Crippen LogP contribution in [0.25, 0.3) is 0 Å². The van der Waals surface area contributed by atoms with Gasteiger partial charge in [0.05, 0.1) is 18.7 Å². The second-order valence-corrected chi connectivity index (χ2v) is 13.0. The quantitative estimate of drug-likeness (QED) is 0.0915. The molecule has 2 saturated heterocycles. The summed E-state index contributed by atoms with van der Waals surface area (Å²) in [5.74, 6) is -0.845. The average Bonchev–Trinajstić information content (AvgIpc) is 2.99. The smallest absolute Gasteiger partial charge is 0.394 e. The molecular weight excluding hydrogens is 734 g/mol. The van der Waals surface area contributed by atoms with E-state index >= 15 is 0 Å². The SMILES string of the molecule is NCC[C@@H](O)C(=O)N[C@@H]1C[C@H](N)[C@H](O[C@H]2O[C@H](CN)[C@@H](O)[C@@H](O)[C@H]2O)[C@H](O)[C@H]1O[C@H]1O[C@H](CO)[C@@H](O)[C@@H](N)[C@H]1O.O=S(=O)(O)O.O=S(=O)(O)O. The van der Waals surface area contributed by atoms with Crippen LogP contribution in [0.1, 0.15) is 12.8 Å². The van der Waals surface area contributed by atoms with Crippen molar-refractivity contribution in [3.63, 3.8) is 0 Å². The van der Waals surface area contributed by atoms with Crippen LogP contribution in [-0.2, 0) is 44.5 Å². The van der Waals surface area contributed by atoms with Crippen LogP contribution >= 0.6 is 0 Å². The highest BCUT2D eigenvalue weighted by Gasteiger charge is 2.52.